The highest BCUT2D eigenvalue weighted by Gasteiger charge is 2.08. The summed E-state index contributed by atoms with van der Waals surface area (Å²) in [5.41, 5.74) is 0. The third-order valence-corrected chi connectivity index (χ3v) is 2.22. The SMILES string of the molecule is O=C(O)CCC(=O)NC(=O)NCCOc1ccccc1. The summed E-state index contributed by atoms with van der Waals surface area (Å²) in [7, 11) is 0. The van der Waals surface area contributed by atoms with Gasteiger partial charge in [0.2, 0.25) is 5.91 Å². The number of nitrogens with one attached hydrogen (secondary N) is 2. The van der Waals surface area contributed by atoms with E-state index in [2.05, 4.69) is 5.32 Å². The number of hydrogen-bond donors (Lipinski definition) is 3. The zero-order valence-corrected chi connectivity index (χ0v) is 10.8. The number of rotatable bonds is 7. The van der Waals surface area contributed by atoms with E-state index < -0.39 is 17.9 Å². The molecule has 3 amide bonds. The predicted molar refractivity (Wildman–Crippen MR) is 70.3 cm³/mol. The Bertz CT molecular complexity index is 461. The molecule has 0 saturated heterocycles. The second-order valence-electron chi connectivity index (χ2n) is 3.86. The topological polar surface area (TPSA) is 105 Å². The van der Waals surface area contributed by atoms with Gasteiger partial charge in [-0.1, -0.05) is 18.2 Å². The molecule has 0 heterocycles. The summed E-state index contributed by atoms with van der Waals surface area (Å²) < 4.78 is 5.34. The van der Waals surface area contributed by atoms with Crippen molar-refractivity contribution >= 4 is 17.9 Å². The summed E-state index contributed by atoms with van der Waals surface area (Å²) in [5, 5.41) is 12.8. The molecular formula is C13H16N2O5. The van der Waals surface area contributed by atoms with Crippen LogP contribution in [0.5, 0.6) is 5.75 Å². The van der Waals surface area contributed by atoms with E-state index in [-0.39, 0.29) is 26.0 Å². The van der Waals surface area contributed by atoms with Gasteiger partial charge in [0.1, 0.15) is 12.4 Å². The van der Waals surface area contributed by atoms with Crippen molar-refractivity contribution in [3.8, 4) is 5.75 Å². The Morgan fingerprint density at radius 2 is 1.80 bits per heavy atom. The number of hydrogen-bond acceptors (Lipinski definition) is 4. The van der Waals surface area contributed by atoms with E-state index in [0.29, 0.717) is 5.75 Å². The average molecular weight is 280 g/mol. The van der Waals surface area contributed by atoms with Crippen LogP contribution in [0.15, 0.2) is 30.3 Å². The zero-order valence-electron chi connectivity index (χ0n) is 10.8. The molecule has 0 spiro atoms. The number of imide groups is 1. The Morgan fingerprint density at radius 3 is 2.45 bits per heavy atom. The summed E-state index contributed by atoms with van der Waals surface area (Å²) in [6.07, 6.45) is -0.542. The number of amides is 3. The van der Waals surface area contributed by atoms with Gasteiger partial charge < -0.3 is 15.2 Å². The molecule has 108 valence electrons. The molecule has 0 aromatic heterocycles. The summed E-state index contributed by atoms with van der Waals surface area (Å²) in [6.45, 7) is 0.494. The maximum atomic E-state index is 11.3. The smallest absolute Gasteiger partial charge is 0.321 e. The van der Waals surface area contributed by atoms with E-state index in [1.54, 1.807) is 12.1 Å². The van der Waals surface area contributed by atoms with Crippen LogP contribution in [0.3, 0.4) is 0 Å². The Labute approximate surface area is 115 Å². The fourth-order valence-corrected chi connectivity index (χ4v) is 1.30. The molecule has 0 saturated carbocycles. The van der Waals surface area contributed by atoms with Crippen LogP contribution in [0, 0.1) is 0 Å². The van der Waals surface area contributed by atoms with Gasteiger partial charge in [0.05, 0.1) is 13.0 Å². The fourth-order valence-electron chi connectivity index (χ4n) is 1.30. The maximum Gasteiger partial charge on any atom is 0.321 e. The molecule has 0 aliphatic heterocycles. The van der Waals surface area contributed by atoms with Crippen molar-refractivity contribution in [2.45, 2.75) is 12.8 Å². The molecule has 7 heteroatoms. The maximum absolute atomic E-state index is 11.3. The molecule has 1 aromatic rings. The largest absolute Gasteiger partial charge is 0.492 e. The van der Waals surface area contributed by atoms with Crippen LogP contribution in [-0.4, -0.2) is 36.2 Å². The van der Waals surface area contributed by atoms with Crippen LogP contribution in [-0.2, 0) is 9.59 Å². The number of carbonyl (C=O) groups excluding carboxylic acids is 2. The number of aliphatic carboxylic acids is 1. The normalized spacial score (nSPS) is 9.60. The number of carboxylic acids is 1. The summed E-state index contributed by atoms with van der Waals surface area (Å²) in [4.78, 5) is 32.6. The molecule has 0 unspecified atom stereocenters. The van der Waals surface area contributed by atoms with Crippen LogP contribution in [0.2, 0.25) is 0 Å². The first kappa shape index (κ1) is 15.5. The Balaban J connectivity index is 2.11. The summed E-state index contributed by atoms with van der Waals surface area (Å²) in [6, 6.07) is 8.43. The van der Waals surface area contributed by atoms with Gasteiger partial charge in [-0.05, 0) is 12.1 Å². The number of benzene rings is 1. The van der Waals surface area contributed by atoms with Gasteiger partial charge in [-0.3, -0.25) is 14.9 Å². The first-order valence-electron chi connectivity index (χ1n) is 6.05. The van der Waals surface area contributed by atoms with E-state index in [4.69, 9.17) is 9.84 Å². The van der Waals surface area contributed by atoms with E-state index in [1.165, 1.54) is 0 Å². The number of carboxylic acid groups (broad SMARTS) is 1. The van der Waals surface area contributed by atoms with Crippen LogP contribution in [0.25, 0.3) is 0 Å². The van der Waals surface area contributed by atoms with Crippen LogP contribution in [0.1, 0.15) is 12.8 Å². The Morgan fingerprint density at radius 1 is 1.10 bits per heavy atom. The number of urea groups is 1. The van der Waals surface area contributed by atoms with Gasteiger partial charge in [-0.2, -0.15) is 0 Å². The Hall–Kier alpha value is -2.57. The molecule has 0 fully saturated rings. The van der Waals surface area contributed by atoms with Crippen molar-refractivity contribution in [2.24, 2.45) is 0 Å². The minimum absolute atomic E-state index is 0.229. The molecule has 1 rings (SSSR count). The van der Waals surface area contributed by atoms with Gasteiger partial charge in [0, 0.05) is 6.42 Å². The number of carbonyl (C=O) groups is 3. The lowest BCUT2D eigenvalue weighted by Crippen LogP contribution is -2.41. The van der Waals surface area contributed by atoms with Gasteiger partial charge in [0.25, 0.3) is 0 Å². The first-order valence-corrected chi connectivity index (χ1v) is 6.05. The second kappa shape index (κ2) is 8.52. The van der Waals surface area contributed by atoms with Crippen LogP contribution < -0.4 is 15.4 Å². The second-order valence-corrected chi connectivity index (χ2v) is 3.86. The predicted octanol–water partition coefficient (Wildman–Crippen LogP) is 0.756. The standard InChI is InChI=1S/C13H16N2O5/c16-11(6-7-12(17)18)15-13(19)14-8-9-20-10-4-2-1-3-5-10/h1-5H,6-9H2,(H,17,18)(H2,14,15,16,19). The van der Waals surface area contributed by atoms with E-state index in [9.17, 15) is 14.4 Å². The molecular weight excluding hydrogens is 264 g/mol. The average Bonchev–Trinajstić information content (AvgIpc) is 2.42. The van der Waals surface area contributed by atoms with E-state index in [1.807, 2.05) is 23.5 Å². The lowest BCUT2D eigenvalue weighted by atomic mass is 10.3. The van der Waals surface area contributed by atoms with E-state index in [0.717, 1.165) is 0 Å². The van der Waals surface area contributed by atoms with Crippen LogP contribution >= 0.6 is 0 Å². The number of para-hydroxylation sites is 1. The Kier molecular flexibility index (Phi) is 6.60. The fraction of sp³-hybridized carbons (Fsp3) is 0.308. The van der Waals surface area contributed by atoms with Crippen molar-refractivity contribution in [3.63, 3.8) is 0 Å². The summed E-state index contributed by atoms with van der Waals surface area (Å²) >= 11 is 0. The molecule has 0 aliphatic rings. The molecule has 7 nitrogen and oxygen atoms in total. The third-order valence-electron chi connectivity index (χ3n) is 2.22. The van der Waals surface area contributed by atoms with Gasteiger partial charge in [0.15, 0.2) is 0 Å². The van der Waals surface area contributed by atoms with Gasteiger partial charge >= 0.3 is 12.0 Å². The van der Waals surface area contributed by atoms with Crippen LogP contribution in [0.4, 0.5) is 4.79 Å². The highest BCUT2D eigenvalue weighted by molar-refractivity contribution is 5.95. The highest BCUT2D eigenvalue weighted by Crippen LogP contribution is 2.07. The molecule has 0 radical (unpaired) electrons. The van der Waals surface area contributed by atoms with Crippen molar-refractivity contribution < 1.29 is 24.2 Å². The molecule has 20 heavy (non-hydrogen) atoms. The minimum atomic E-state index is -1.09. The van der Waals surface area contributed by atoms with Crippen molar-refractivity contribution in [1.29, 1.82) is 0 Å². The number of ether oxygens (including phenoxy) is 1. The monoisotopic (exact) mass is 280 g/mol. The zero-order chi connectivity index (χ0) is 14.8. The van der Waals surface area contributed by atoms with Gasteiger partial charge in [-0.25, -0.2) is 4.79 Å². The first-order chi connectivity index (χ1) is 9.58. The van der Waals surface area contributed by atoms with Crippen molar-refractivity contribution in [3.05, 3.63) is 30.3 Å². The molecule has 0 aliphatic carbocycles. The molecule has 3 N–H and O–H groups in total. The highest BCUT2D eigenvalue weighted by atomic mass is 16.5. The van der Waals surface area contributed by atoms with Crippen molar-refractivity contribution in [1.82, 2.24) is 10.6 Å². The van der Waals surface area contributed by atoms with E-state index >= 15 is 0 Å². The van der Waals surface area contributed by atoms with Crippen molar-refractivity contribution in [2.75, 3.05) is 13.2 Å². The molecule has 0 bridgehead atoms. The lowest BCUT2D eigenvalue weighted by molar-refractivity contribution is -0.138. The third kappa shape index (κ3) is 7.00. The minimum Gasteiger partial charge on any atom is -0.492 e. The molecule has 0 atom stereocenters. The van der Waals surface area contributed by atoms with Gasteiger partial charge in [-0.15, -0.1) is 0 Å². The molecule has 1 aromatic carbocycles. The summed E-state index contributed by atoms with van der Waals surface area (Å²) in [5.74, 6) is -1.03. The lowest BCUT2D eigenvalue weighted by Gasteiger charge is -2.08. The quantitative estimate of drug-likeness (QED) is 0.639.